The van der Waals surface area contributed by atoms with Crippen LogP contribution in [-0.2, 0) is 76.3 Å². The molecule has 16 heteroatoms. The van der Waals surface area contributed by atoms with E-state index in [1.807, 2.05) is 104 Å². The molecule has 0 heterocycles. The van der Waals surface area contributed by atoms with Gasteiger partial charge in [-0.2, -0.15) is 0 Å². The fourth-order valence-corrected chi connectivity index (χ4v) is 12.7. The van der Waals surface area contributed by atoms with Gasteiger partial charge in [0.25, 0.3) is 0 Å². The molecule has 7 fully saturated rings. The molecule has 548 valence electrons. The second kappa shape index (κ2) is 44.5. The minimum atomic E-state index is -0.548. The van der Waals surface area contributed by atoms with Crippen LogP contribution in [0.4, 0.5) is 0 Å². The fourth-order valence-electron chi connectivity index (χ4n) is 12.7. The molecule has 0 N–H and O–H groups in total. The van der Waals surface area contributed by atoms with Crippen LogP contribution < -0.4 is 0 Å². The lowest BCUT2D eigenvalue weighted by atomic mass is 9.49. The number of hydrogen-bond acceptors (Lipinski definition) is 16. The van der Waals surface area contributed by atoms with Gasteiger partial charge in [-0.15, -0.1) is 0 Å². The molecule has 7 aliphatic rings. The van der Waals surface area contributed by atoms with Crippen molar-refractivity contribution in [2.75, 3.05) is 26.4 Å². The smallest absolute Gasteiger partial charge is 0.344 e. The Bertz CT molecular complexity index is 2110. The van der Waals surface area contributed by atoms with E-state index in [4.69, 9.17) is 37.9 Å². The number of ether oxygens (including phenoxy) is 8. The summed E-state index contributed by atoms with van der Waals surface area (Å²) in [7, 11) is 0. The Morgan fingerprint density at radius 1 is 0.380 bits per heavy atom. The van der Waals surface area contributed by atoms with E-state index in [2.05, 4.69) is 6.92 Å². The Hall–Kier alpha value is -4.24. The van der Waals surface area contributed by atoms with Crippen molar-refractivity contribution in [3.8, 4) is 0 Å². The molecule has 3 atom stereocenters. The van der Waals surface area contributed by atoms with Crippen molar-refractivity contribution in [2.24, 2.45) is 45.3 Å². The summed E-state index contributed by atoms with van der Waals surface area (Å²) < 4.78 is 43.3. The zero-order chi connectivity index (χ0) is 63.2. The van der Waals surface area contributed by atoms with Crippen LogP contribution in [0.5, 0.6) is 0 Å². The summed E-state index contributed by atoms with van der Waals surface area (Å²) in [5.74, 6) is 0.260. The Morgan fingerprint density at radius 3 is 1.01 bits per heavy atom. The molecule has 16 nitrogen and oxygen atoms in total. The van der Waals surface area contributed by atoms with Gasteiger partial charge in [0.1, 0.15) is 35.6 Å². The molecule has 0 saturated heterocycles. The van der Waals surface area contributed by atoms with Crippen LogP contribution in [0.3, 0.4) is 0 Å². The number of esters is 8. The van der Waals surface area contributed by atoms with Crippen LogP contribution in [0.25, 0.3) is 0 Å². The van der Waals surface area contributed by atoms with Gasteiger partial charge < -0.3 is 37.9 Å². The van der Waals surface area contributed by atoms with Crippen LogP contribution in [0.15, 0.2) is 0 Å². The van der Waals surface area contributed by atoms with E-state index in [1.165, 1.54) is 38.5 Å². The summed E-state index contributed by atoms with van der Waals surface area (Å²) in [5, 5.41) is 0. The third-order valence-electron chi connectivity index (χ3n) is 20.0. The minimum Gasteiger partial charge on any atom is -0.465 e. The van der Waals surface area contributed by atoms with E-state index in [0.717, 1.165) is 127 Å². The molecular formula is C76H148O16. The summed E-state index contributed by atoms with van der Waals surface area (Å²) in [4.78, 5) is 95.2. The third-order valence-corrected chi connectivity index (χ3v) is 20.0. The molecule has 0 aromatic rings. The van der Waals surface area contributed by atoms with Gasteiger partial charge in [-0.05, 0) is 235 Å². The normalized spacial score (nSPS) is 21.7. The highest BCUT2D eigenvalue weighted by Crippen LogP contribution is 2.61. The van der Waals surface area contributed by atoms with Crippen LogP contribution >= 0.6 is 0 Å². The largest absolute Gasteiger partial charge is 0.465 e. The highest BCUT2D eigenvalue weighted by Gasteiger charge is 2.58. The molecular weight excluding hydrogens is 1170 g/mol. The molecule has 7 saturated carbocycles. The molecule has 0 aromatic carbocycles. The molecule has 0 aromatic heterocycles. The second-order valence-corrected chi connectivity index (χ2v) is 28.6. The summed E-state index contributed by atoms with van der Waals surface area (Å²) in [6, 6.07) is 0. The van der Waals surface area contributed by atoms with Crippen molar-refractivity contribution in [1.82, 2.24) is 0 Å². The van der Waals surface area contributed by atoms with Gasteiger partial charge in [0.2, 0.25) is 0 Å². The van der Waals surface area contributed by atoms with E-state index >= 15 is 0 Å². The Morgan fingerprint density at radius 2 is 0.685 bits per heavy atom. The fraction of sp³-hybridized carbons (Fsp3) is 0.895. The second-order valence-electron chi connectivity index (χ2n) is 28.6. The molecule has 3 unspecified atom stereocenters. The van der Waals surface area contributed by atoms with Gasteiger partial charge in [-0.1, -0.05) is 120 Å². The Labute approximate surface area is 565 Å². The van der Waals surface area contributed by atoms with Crippen molar-refractivity contribution in [3.63, 3.8) is 0 Å². The topological polar surface area (TPSA) is 210 Å². The van der Waals surface area contributed by atoms with Gasteiger partial charge in [0, 0.05) is 5.92 Å². The number of carbonyl (C=O) groups is 8. The summed E-state index contributed by atoms with van der Waals surface area (Å²) in [6.07, 6.45) is 26.9. The first-order valence-corrected chi connectivity index (χ1v) is 32.8. The quantitative estimate of drug-likeness (QED) is 0.0650. The van der Waals surface area contributed by atoms with E-state index < -0.39 is 33.6 Å². The maximum atomic E-state index is 12.5. The Kier molecular flexibility index (Phi) is 47.8. The average Bonchev–Trinajstić information content (AvgIpc) is 0.730. The van der Waals surface area contributed by atoms with Gasteiger partial charge in [0.05, 0.1) is 34.5 Å². The summed E-state index contributed by atoms with van der Waals surface area (Å²) in [6.45, 7) is 30.3. The zero-order valence-electron chi connectivity index (χ0n) is 55.5. The number of carbonyl (C=O) groups excluding carboxylic acids is 8. The first-order chi connectivity index (χ1) is 39.2. The monoisotopic (exact) mass is 1320 g/mol. The first-order valence-electron chi connectivity index (χ1n) is 32.8. The molecule has 0 amide bonds. The number of rotatable bonds is 24. The maximum Gasteiger partial charge on any atom is 0.344 e. The van der Waals surface area contributed by atoms with Gasteiger partial charge >= 0.3 is 47.8 Å². The first kappa shape index (κ1) is 98.8. The van der Waals surface area contributed by atoms with Crippen LogP contribution in [-0.4, -0.2) is 96.6 Å². The third kappa shape index (κ3) is 31.1. The van der Waals surface area contributed by atoms with Crippen LogP contribution in [0.2, 0.25) is 0 Å². The minimum absolute atomic E-state index is 0. The standard InChI is InChI=1S/C21H34O4.2C16H28O4.C15H26O4.8CH4/c1-5-17-16-10-14-9-15(11-16)13-21(17,12-14)25-18(22)7-8-24-19(23)20(3,4)6-2;1-5-15(2,3)14(18)19-12-9-13(17)20-16(4)10-7-6-8-11-16;1-5-15(3,4)14(18)19-12-13(17)20-16(6-2)10-8-7-9-11-16;1-5-14(2,3)13(17)18-11-12(16)19-15(4)9-7-6-8-10-15;;;;;;;;/h14-17H,5-13H2,1-4H3;2*5-12H2,1-4H3;5-11H2,1-4H3;8*1H4. The van der Waals surface area contributed by atoms with Crippen molar-refractivity contribution >= 4 is 47.8 Å². The molecule has 4 bridgehead atoms. The molecule has 7 rings (SSSR count). The molecule has 92 heavy (non-hydrogen) atoms. The van der Waals surface area contributed by atoms with Crippen molar-refractivity contribution < 1.29 is 76.3 Å². The van der Waals surface area contributed by atoms with Gasteiger partial charge in [-0.3, -0.25) is 28.8 Å². The van der Waals surface area contributed by atoms with Crippen molar-refractivity contribution in [3.05, 3.63) is 0 Å². The van der Waals surface area contributed by atoms with Crippen molar-refractivity contribution in [2.45, 2.75) is 372 Å². The summed E-state index contributed by atoms with van der Waals surface area (Å²) in [5.41, 5.74) is -3.32. The van der Waals surface area contributed by atoms with Crippen LogP contribution in [0, 0.1) is 45.3 Å². The molecule has 7 aliphatic carbocycles. The van der Waals surface area contributed by atoms with Crippen LogP contribution in [0.1, 0.15) is 350 Å². The van der Waals surface area contributed by atoms with E-state index in [0.29, 0.717) is 25.2 Å². The molecule has 0 spiro atoms. The molecule has 0 radical (unpaired) electrons. The predicted molar refractivity (Wildman–Crippen MR) is 377 cm³/mol. The summed E-state index contributed by atoms with van der Waals surface area (Å²) >= 11 is 0. The lowest BCUT2D eigenvalue weighted by molar-refractivity contribution is -0.209. The average molecular weight is 1320 g/mol. The lowest BCUT2D eigenvalue weighted by Crippen LogP contribution is -2.59. The van der Waals surface area contributed by atoms with Gasteiger partial charge in [-0.25, -0.2) is 9.59 Å². The lowest BCUT2D eigenvalue weighted by Gasteiger charge is -2.60. The highest BCUT2D eigenvalue weighted by molar-refractivity contribution is 5.81. The van der Waals surface area contributed by atoms with E-state index in [-0.39, 0.29) is 157 Å². The predicted octanol–water partition coefficient (Wildman–Crippen LogP) is 20.1. The zero-order valence-corrected chi connectivity index (χ0v) is 55.5. The number of hydrogen-bond donors (Lipinski definition) is 0. The van der Waals surface area contributed by atoms with E-state index in [9.17, 15) is 38.4 Å². The van der Waals surface area contributed by atoms with E-state index in [1.54, 1.807) is 0 Å². The SMILES string of the molecule is C.C.C.C.C.C.C.C.CCC(C)(C)C(=O)OCC(=O)OC1(C)CCCCC1.CCC(C)(C)C(=O)OCCC(=O)OC1(C)CCCCC1.CCC1(OC(=O)COC(=O)C(C)(C)CC)CCCCC1.CCC1C2CC3CC(C2)CC1(OC(=O)CCOC(=O)C(C)(C)CC)C3. The van der Waals surface area contributed by atoms with Crippen molar-refractivity contribution in [1.29, 1.82) is 0 Å². The Balaban J connectivity index is -0.000000262. The molecule has 0 aliphatic heterocycles. The maximum absolute atomic E-state index is 12.5. The van der Waals surface area contributed by atoms with Gasteiger partial charge in [0.15, 0.2) is 13.2 Å². The highest BCUT2D eigenvalue weighted by atomic mass is 16.6.